The highest BCUT2D eigenvalue weighted by molar-refractivity contribution is 5.54. The first kappa shape index (κ1) is 16.0. The highest BCUT2D eigenvalue weighted by atomic mass is 19.1. The van der Waals surface area contributed by atoms with E-state index in [1.54, 1.807) is 13.0 Å². The van der Waals surface area contributed by atoms with Crippen molar-refractivity contribution in [2.75, 3.05) is 6.54 Å². The fraction of sp³-hybridized carbons (Fsp3) is 0.300. The average molecular weight is 337 g/mol. The van der Waals surface area contributed by atoms with E-state index in [9.17, 15) is 4.39 Å². The van der Waals surface area contributed by atoms with Gasteiger partial charge in [-0.05, 0) is 43.5 Å². The predicted molar refractivity (Wildman–Crippen MR) is 93.3 cm³/mol. The van der Waals surface area contributed by atoms with Crippen LogP contribution in [-0.4, -0.2) is 21.6 Å². The Morgan fingerprint density at radius 1 is 1.20 bits per heavy atom. The Balaban J connectivity index is 1.51. The van der Waals surface area contributed by atoms with Gasteiger partial charge in [-0.3, -0.25) is 4.90 Å². The standard InChI is InChI=1S/C20H20FN3O/c1-14-9-10-16(12-17(14)21)20-22-19(25-23-20)13-24-11-5-8-18(24)15-6-3-2-4-7-15/h2-4,6-7,9-10,12,18H,5,8,11,13H2,1H3. The van der Waals surface area contributed by atoms with Gasteiger partial charge in [-0.2, -0.15) is 4.98 Å². The van der Waals surface area contributed by atoms with E-state index in [4.69, 9.17) is 4.52 Å². The molecule has 2 aromatic carbocycles. The van der Waals surface area contributed by atoms with E-state index in [-0.39, 0.29) is 5.82 Å². The average Bonchev–Trinajstić information content (AvgIpc) is 3.28. The van der Waals surface area contributed by atoms with Crippen LogP contribution in [0.1, 0.15) is 35.9 Å². The van der Waals surface area contributed by atoms with Crippen LogP contribution in [0.25, 0.3) is 11.4 Å². The first-order valence-electron chi connectivity index (χ1n) is 8.59. The number of nitrogens with zero attached hydrogens (tertiary/aromatic N) is 3. The fourth-order valence-corrected chi connectivity index (χ4v) is 3.41. The Morgan fingerprint density at radius 3 is 2.84 bits per heavy atom. The van der Waals surface area contributed by atoms with Gasteiger partial charge in [0.15, 0.2) is 0 Å². The van der Waals surface area contributed by atoms with Crippen molar-refractivity contribution in [3.63, 3.8) is 0 Å². The Hall–Kier alpha value is -2.53. The second-order valence-corrected chi connectivity index (χ2v) is 6.51. The first-order chi connectivity index (χ1) is 12.2. The number of rotatable bonds is 4. The molecular weight excluding hydrogens is 317 g/mol. The zero-order valence-electron chi connectivity index (χ0n) is 14.2. The number of hydrogen-bond acceptors (Lipinski definition) is 4. The molecule has 3 aromatic rings. The molecule has 1 unspecified atom stereocenters. The lowest BCUT2D eigenvalue weighted by atomic mass is 10.0. The third kappa shape index (κ3) is 3.33. The van der Waals surface area contributed by atoms with Crippen LogP contribution in [0.2, 0.25) is 0 Å². The third-order valence-electron chi connectivity index (χ3n) is 4.78. The molecule has 0 amide bonds. The van der Waals surface area contributed by atoms with Gasteiger partial charge in [-0.25, -0.2) is 4.39 Å². The van der Waals surface area contributed by atoms with Gasteiger partial charge in [-0.1, -0.05) is 47.6 Å². The number of hydrogen-bond donors (Lipinski definition) is 0. The molecule has 128 valence electrons. The smallest absolute Gasteiger partial charge is 0.241 e. The van der Waals surface area contributed by atoms with Crippen LogP contribution < -0.4 is 0 Å². The summed E-state index contributed by atoms with van der Waals surface area (Å²) < 4.78 is 19.2. The van der Waals surface area contributed by atoms with Gasteiger partial charge in [0.25, 0.3) is 0 Å². The monoisotopic (exact) mass is 337 g/mol. The van der Waals surface area contributed by atoms with Crippen molar-refractivity contribution >= 4 is 0 Å². The lowest BCUT2D eigenvalue weighted by Crippen LogP contribution is -2.22. The molecule has 1 aliphatic rings. The summed E-state index contributed by atoms with van der Waals surface area (Å²) in [6.07, 6.45) is 2.29. The highest BCUT2D eigenvalue weighted by Crippen LogP contribution is 2.33. The van der Waals surface area contributed by atoms with E-state index >= 15 is 0 Å². The minimum Gasteiger partial charge on any atom is -0.338 e. The maximum absolute atomic E-state index is 13.7. The number of aromatic nitrogens is 2. The van der Waals surface area contributed by atoms with Crippen LogP contribution in [0.15, 0.2) is 53.1 Å². The van der Waals surface area contributed by atoms with E-state index in [0.717, 1.165) is 19.4 Å². The minimum absolute atomic E-state index is 0.257. The molecule has 0 saturated carbocycles. The van der Waals surface area contributed by atoms with E-state index in [0.29, 0.717) is 35.4 Å². The summed E-state index contributed by atoms with van der Waals surface area (Å²) in [4.78, 5) is 6.82. The predicted octanol–water partition coefficient (Wildman–Crippen LogP) is 4.52. The molecule has 5 heteroatoms. The summed E-state index contributed by atoms with van der Waals surface area (Å²) in [5.41, 5.74) is 2.56. The van der Waals surface area contributed by atoms with Crippen molar-refractivity contribution in [2.24, 2.45) is 0 Å². The Morgan fingerprint density at radius 2 is 2.04 bits per heavy atom. The Kier molecular flexibility index (Phi) is 4.32. The number of benzene rings is 2. The van der Waals surface area contributed by atoms with Gasteiger partial charge in [0.05, 0.1) is 6.54 Å². The molecule has 4 rings (SSSR count). The molecule has 1 saturated heterocycles. The summed E-state index contributed by atoms with van der Waals surface area (Å²) in [6, 6.07) is 15.9. The maximum atomic E-state index is 13.7. The quantitative estimate of drug-likeness (QED) is 0.702. The molecule has 0 radical (unpaired) electrons. The largest absolute Gasteiger partial charge is 0.338 e. The molecule has 1 fully saturated rings. The van der Waals surface area contributed by atoms with Gasteiger partial charge in [-0.15, -0.1) is 0 Å². The molecule has 4 nitrogen and oxygen atoms in total. The van der Waals surface area contributed by atoms with Crippen molar-refractivity contribution in [2.45, 2.75) is 32.4 Å². The third-order valence-corrected chi connectivity index (χ3v) is 4.78. The number of halogens is 1. The van der Waals surface area contributed by atoms with E-state index in [1.165, 1.54) is 11.6 Å². The van der Waals surface area contributed by atoms with Crippen LogP contribution in [-0.2, 0) is 6.54 Å². The summed E-state index contributed by atoms with van der Waals surface area (Å²) in [5, 5.41) is 4.02. The molecule has 1 aromatic heterocycles. The number of likely N-dealkylation sites (tertiary alicyclic amines) is 1. The second kappa shape index (κ2) is 6.76. The van der Waals surface area contributed by atoms with Crippen LogP contribution in [0.5, 0.6) is 0 Å². The molecule has 1 aliphatic heterocycles. The second-order valence-electron chi connectivity index (χ2n) is 6.51. The zero-order chi connectivity index (χ0) is 17.2. The van der Waals surface area contributed by atoms with Crippen LogP contribution in [0.4, 0.5) is 4.39 Å². The lowest BCUT2D eigenvalue weighted by Gasteiger charge is -2.22. The molecule has 25 heavy (non-hydrogen) atoms. The summed E-state index contributed by atoms with van der Waals surface area (Å²) in [6.45, 7) is 3.36. The van der Waals surface area contributed by atoms with Gasteiger partial charge in [0.2, 0.25) is 11.7 Å². The van der Waals surface area contributed by atoms with Crippen molar-refractivity contribution in [1.29, 1.82) is 0 Å². The number of aryl methyl sites for hydroxylation is 1. The van der Waals surface area contributed by atoms with Crippen molar-refractivity contribution in [3.05, 3.63) is 71.4 Å². The van der Waals surface area contributed by atoms with E-state index in [1.807, 2.05) is 12.1 Å². The Bertz CT molecular complexity index is 862. The van der Waals surface area contributed by atoms with Gasteiger partial charge in [0, 0.05) is 11.6 Å². The molecule has 2 heterocycles. The zero-order valence-corrected chi connectivity index (χ0v) is 14.2. The van der Waals surface area contributed by atoms with Crippen LogP contribution in [0.3, 0.4) is 0 Å². The van der Waals surface area contributed by atoms with Crippen molar-refractivity contribution in [1.82, 2.24) is 15.0 Å². The fourth-order valence-electron chi connectivity index (χ4n) is 3.41. The van der Waals surface area contributed by atoms with Crippen molar-refractivity contribution in [3.8, 4) is 11.4 Å². The van der Waals surface area contributed by atoms with Gasteiger partial charge in [0.1, 0.15) is 5.82 Å². The van der Waals surface area contributed by atoms with Gasteiger partial charge < -0.3 is 4.52 Å². The van der Waals surface area contributed by atoms with Crippen molar-refractivity contribution < 1.29 is 8.91 Å². The minimum atomic E-state index is -0.257. The molecule has 0 spiro atoms. The SMILES string of the molecule is Cc1ccc(-c2noc(CN3CCCC3c3ccccc3)n2)cc1F. The lowest BCUT2D eigenvalue weighted by molar-refractivity contribution is 0.212. The summed E-state index contributed by atoms with van der Waals surface area (Å²) >= 11 is 0. The van der Waals surface area contributed by atoms with Crippen LogP contribution in [0, 0.1) is 12.7 Å². The van der Waals surface area contributed by atoms with E-state index in [2.05, 4.69) is 39.3 Å². The summed E-state index contributed by atoms with van der Waals surface area (Å²) in [5.74, 6) is 0.746. The summed E-state index contributed by atoms with van der Waals surface area (Å²) in [7, 11) is 0. The maximum Gasteiger partial charge on any atom is 0.241 e. The topological polar surface area (TPSA) is 42.2 Å². The first-order valence-corrected chi connectivity index (χ1v) is 8.59. The molecule has 0 bridgehead atoms. The van der Waals surface area contributed by atoms with Gasteiger partial charge >= 0.3 is 0 Å². The van der Waals surface area contributed by atoms with E-state index < -0.39 is 0 Å². The molecule has 1 atom stereocenters. The molecular formula is C20H20FN3O. The molecule has 0 N–H and O–H groups in total. The Labute approximate surface area is 146 Å². The van der Waals surface area contributed by atoms with Crippen LogP contribution >= 0.6 is 0 Å². The normalized spacial score (nSPS) is 17.9. The highest BCUT2D eigenvalue weighted by Gasteiger charge is 2.27. The molecule has 0 aliphatic carbocycles.